The van der Waals surface area contributed by atoms with Crippen LogP contribution >= 0.6 is 11.3 Å². The fourth-order valence-corrected chi connectivity index (χ4v) is 2.91. The molecular weight excluding hydrogens is 326 g/mol. The van der Waals surface area contributed by atoms with Crippen LogP contribution in [0.5, 0.6) is 0 Å². The van der Waals surface area contributed by atoms with Gasteiger partial charge in [0, 0.05) is 6.42 Å². The normalized spacial score (nSPS) is 12.0. The van der Waals surface area contributed by atoms with Gasteiger partial charge in [-0.05, 0) is 24.6 Å². The Bertz CT molecular complexity index is 716. The molecule has 2 N–H and O–H groups in total. The second-order valence-corrected chi connectivity index (χ2v) is 5.93. The molecule has 1 unspecified atom stereocenters. The molecule has 8 heteroatoms. The fraction of sp³-hybridized carbons (Fsp3) is 0.267. The predicted octanol–water partition coefficient (Wildman–Crippen LogP) is 2.33. The summed E-state index contributed by atoms with van der Waals surface area (Å²) in [5, 5.41) is 11.5. The van der Waals surface area contributed by atoms with E-state index in [1.165, 1.54) is 12.1 Å². The van der Waals surface area contributed by atoms with Crippen LogP contribution in [0, 0.1) is 12.7 Å². The van der Waals surface area contributed by atoms with Crippen molar-refractivity contribution in [3.8, 4) is 0 Å². The van der Waals surface area contributed by atoms with E-state index in [-0.39, 0.29) is 10.7 Å². The summed E-state index contributed by atoms with van der Waals surface area (Å²) < 4.78 is 25.4. The number of aromatic nitrogens is 1. The van der Waals surface area contributed by atoms with Crippen LogP contribution in [0.25, 0.3) is 0 Å². The standard InChI is InChI=1S/C15H14F2N2O3S/c1-8-13(14(20)19-11(7-16)15(21)22)23-12(18-8)6-9-2-4-10(17)5-3-9/h2-5,11H,6-7H2,1H3,(H,19,20)(H,21,22). The number of hydrogen-bond donors (Lipinski definition) is 2. The summed E-state index contributed by atoms with van der Waals surface area (Å²) in [5.74, 6) is -2.44. The molecule has 23 heavy (non-hydrogen) atoms. The molecule has 5 nitrogen and oxygen atoms in total. The Kier molecular flexibility index (Phi) is 5.38. The zero-order valence-corrected chi connectivity index (χ0v) is 13.0. The van der Waals surface area contributed by atoms with E-state index in [4.69, 9.17) is 5.11 Å². The van der Waals surface area contributed by atoms with Crippen LogP contribution in [0.2, 0.25) is 0 Å². The highest BCUT2D eigenvalue weighted by atomic mass is 32.1. The van der Waals surface area contributed by atoms with Crippen molar-refractivity contribution in [1.29, 1.82) is 0 Å². The van der Waals surface area contributed by atoms with Gasteiger partial charge < -0.3 is 10.4 Å². The average Bonchev–Trinajstić information content (AvgIpc) is 2.87. The summed E-state index contributed by atoms with van der Waals surface area (Å²) in [4.78, 5) is 27.3. The van der Waals surface area contributed by atoms with Gasteiger partial charge in [-0.3, -0.25) is 4.79 Å². The quantitative estimate of drug-likeness (QED) is 0.846. The van der Waals surface area contributed by atoms with E-state index in [1.807, 2.05) is 0 Å². The molecule has 0 aliphatic heterocycles. The summed E-state index contributed by atoms with van der Waals surface area (Å²) >= 11 is 1.10. The van der Waals surface area contributed by atoms with Gasteiger partial charge >= 0.3 is 5.97 Å². The number of benzene rings is 1. The van der Waals surface area contributed by atoms with Crippen molar-refractivity contribution in [3.63, 3.8) is 0 Å². The number of nitrogens with one attached hydrogen (secondary N) is 1. The van der Waals surface area contributed by atoms with Crippen molar-refractivity contribution in [3.05, 3.63) is 51.2 Å². The van der Waals surface area contributed by atoms with Gasteiger partial charge in [0.15, 0.2) is 6.04 Å². The van der Waals surface area contributed by atoms with Crippen LogP contribution in [-0.4, -0.2) is 34.7 Å². The molecule has 0 aliphatic rings. The van der Waals surface area contributed by atoms with Gasteiger partial charge in [-0.25, -0.2) is 18.6 Å². The van der Waals surface area contributed by atoms with Gasteiger partial charge in [0.05, 0.1) is 10.7 Å². The van der Waals surface area contributed by atoms with Gasteiger partial charge in [-0.1, -0.05) is 12.1 Å². The molecule has 0 saturated heterocycles. The maximum atomic E-state index is 12.9. The van der Waals surface area contributed by atoms with Crippen LogP contribution in [0.1, 0.15) is 25.9 Å². The molecule has 0 fully saturated rings. The van der Waals surface area contributed by atoms with Crippen molar-refractivity contribution < 1.29 is 23.5 Å². The lowest BCUT2D eigenvalue weighted by atomic mass is 10.1. The molecule has 1 aromatic heterocycles. The second-order valence-electron chi connectivity index (χ2n) is 4.84. The molecule has 0 bridgehead atoms. The topological polar surface area (TPSA) is 79.3 Å². The molecule has 1 atom stereocenters. The number of carboxylic acids is 1. The van der Waals surface area contributed by atoms with E-state index in [2.05, 4.69) is 10.3 Å². The SMILES string of the molecule is Cc1nc(Cc2ccc(F)cc2)sc1C(=O)NC(CF)C(=O)O. The Morgan fingerprint density at radius 3 is 2.57 bits per heavy atom. The van der Waals surface area contributed by atoms with E-state index in [0.29, 0.717) is 17.1 Å². The maximum Gasteiger partial charge on any atom is 0.328 e. The predicted molar refractivity (Wildman–Crippen MR) is 80.9 cm³/mol. The van der Waals surface area contributed by atoms with E-state index in [0.717, 1.165) is 16.9 Å². The molecule has 0 aliphatic carbocycles. The third kappa shape index (κ3) is 4.32. The van der Waals surface area contributed by atoms with E-state index >= 15 is 0 Å². The Balaban J connectivity index is 2.12. The third-order valence-electron chi connectivity index (χ3n) is 3.07. The largest absolute Gasteiger partial charge is 0.480 e. The monoisotopic (exact) mass is 340 g/mol. The molecule has 1 aromatic carbocycles. The molecule has 1 amide bonds. The lowest BCUT2D eigenvalue weighted by Gasteiger charge is -2.09. The zero-order chi connectivity index (χ0) is 17.0. The van der Waals surface area contributed by atoms with Crippen molar-refractivity contribution >= 4 is 23.2 Å². The Morgan fingerprint density at radius 1 is 1.35 bits per heavy atom. The zero-order valence-electron chi connectivity index (χ0n) is 12.2. The van der Waals surface area contributed by atoms with Crippen molar-refractivity contribution in [1.82, 2.24) is 10.3 Å². The van der Waals surface area contributed by atoms with E-state index in [1.54, 1.807) is 19.1 Å². The number of halogens is 2. The first-order chi connectivity index (χ1) is 10.9. The minimum atomic E-state index is -1.58. The molecule has 2 aromatic rings. The van der Waals surface area contributed by atoms with Gasteiger partial charge in [-0.2, -0.15) is 0 Å². The second kappa shape index (κ2) is 7.28. The Morgan fingerprint density at radius 2 is 2.00 bits per heavy atom. The molecule has 2 rings (SSSR count). The number of nitrogens with zero attached hydrogens (tertiary/aromatic N) is 1. The molecule has 1 heterocycles. The number of carbonyl (C=O) groups excluding carboxylic acids is 1. The minimum Gasteiger partial charge on any atom is -0.480 e. The first-order valence-electron chi connectivity index (χ1n) is 6.71. The summed E-state index contributed by atoms with van der Waals surface area (Å²) in [5.41, 5.74) is 1.27. The molecule has 0 spiro atoms. The molecule has 122 valence electrons. The number of rotatable bonds is 6. The van der Waals surface area contributed by atoms with Gasteiger partial charge in [0.25, 0.3) is 5.91 Å². The Labute approximate surface area is 135 Å². The van der Waals surface area contributed by atoms with Crippen LogP contribution < -0.4 is 5.32 Å². The first kappa shape index (κ1) is 17.0. The number of thiazole rings is 1. The minimum absolute atomic E-state index is 0.238. The highest BCUT2D eigenvalue weighted by Crippen LogP contribution is 2.21. The smallest absolute Gasteiger partial charge is 0.328 e. The van der Waals surface area contributed by atoms with Crippen LogP contribution in [0.4, 0.5) is 8.78 Å². The van der Waals surface area contributed by atoms with E-state index in [9.17, 15) is 18.4 Å². The molecular formula is C15H14F2N2O3S. The van der Waals surface area contributed by atoms with Gasteiger partial charge in [0.2, 0.25) is 0 Å². The van der Waals surface area contributed by atoms with Gasteiger partial charge in [0.1, 0.15) is 17.4 Å². The summed E-state index contributed by atoms with van der Waals surface area (Å²) in [6.07, 6.45) is 0.421. The van der Waals surface area contributed by atoms with Crippen molar-refractivity contribution in [2.45, 2.75) is 19.4 Å². The van der Waals surface area contributed by atoms with Gasteiger partial charge in [-0.15, -0.1) is 11.3 Å². The molecule has 0 radical (unpaired) electrons. The average molecular weight is 340 g/mol. The van der Waals surface area contributed by atoms with E-state index < -0.39 is 24.6 Å². The fourth-order valence-electron chi connectivity index (χ4n) is 1.91. The number of hydrogen-bond acceptors (Lipinski definition) is 4. The first-order valence-corrected chi connectivity index (χ1v) is 7.52. The number of aryl methyl sites for hydroxylation is 1. The lowest BCUT2D eigenvalue weighted by molar-refractivity contribution is -0.139. The van der Waals surface area contributed by atoms with Crippen LogP contribution in [0.15, 0.2) is 24.3 Å². The third-order valence-corrected chi connectivity index (χ3v) is 4.23. The number of carboxylic acid groups (broad SMARTS) is 1. The van der Waals surface area contributed by atoms with Crippen LogP contribution in [-0.2, 0) is 11.2 Å². The lowest BCUT2D eigenvalue weighted by Crippen LogP contribution is -2.42. The number of carbonyl (C=O) groups is 2. The Hall–Kier alpha value is -2.35. The van der Waals surface area contributed by atoms with Crippen molar-refractivity contribution in [2.75, 3.05) is 6.67 Å². The summed E-state index contributed by atoms with van der Waals surface area (Å²) in [7, 11) is 0. The number of amides is 1. The molecule has 0 saturated carbocycles. The van der Waals surface area contributed by atoms with Crippen LogP contribution in [0.3, 0.4) is 0 Å². The van der Waals surface area contributed by atoms with Crippen molar-refractivity contribution in [2.24, 2.45) is 0 Å². The maximum absolute atomic E-state index is 12.9. The summed E-state index contributed by atoms with van der Waals surface area (Å²) in [6.45, 7) is 0.423. The number of aliphatic carboxylic acids is 1. The highest BCUT2D eigenvalue weighted by Gasteiger charge is 2.23. The number of alkyl halides is 1. The highest BCUT2D eigenvalue weighted by molar-refractivity contribution is 7.13. The summed E-state index contributed by atoms with van der Waals surface area (Å²) in [6, 6.07) is 4.33.